The summed E-state index contributed by atoms with van der Waals surface area (Å²) in [7, 11) is 1.93. The first-order valence-corrected chi connectivity index (χ1v) is 7.59. The molecule has 0 amide bonds. The van der Waals surface area contributed by atoms with E-state index >= 15 is 0 Å². The van der Waals surface area contributed by atoms with Crippen molar-refractivity contribution in [3.63, 3.8) is 0 Å². The van der Waals surface area contributed by atoms with Crippen LogP contribution in [0.2, 0.25) is 5.02 Å². The van der Waals surface area contributed by atoms with Crippen LogP contribution in [0.3, 0.4) is 0 Å². The van der Waals surface area contributed by atoms with Crippen LogP contribution < -0.4 is 10.1 Å². The van der Waals surface area contributed by atoms with Crippen molar-refractivity contribution in [2.75, 3.05) is 7.05 Å². The van der Waals surface area contributed by atoms with Gasteiger partial charge in [0.15, 0.2) is 0 Å². The Morgan fingerprint density at radius 3 is 2.60 bits per heavy atom. The number of rotatable bonds is 4. The van der Waals surface area contributed by atoms with Crippen LogP contribution in [0.15, 0.2) is 40.9 Å². The normalized spacial score (nSPS) is 12.2. The van der Waals surface area contributed by atoms with E-state index in [0.29, 0.717) is 0 Å². The quantitative estimate of drug-likeness (QED) is 0.784. The predicted octanol–water partition coefficient (Wildman–Crippen LogP) is 5.48. The molecule has 1 N–H and O–H groups in total. The Labute approximate surface area is 133 Å². The third-order valence-electron chi connectivity index (χ3n) is 3.23. The molecule has 4 heteroatoms. The summed E-state index contributed by atoms with van der Waals surface area (Å²) in [4.78, 5) is 0. The number of benzene rings is 2. The Bertz CT molecular complexity index is 615. The number of aryl methyl sites for hydroxylation is 1. The van der Waals surface area contributed by atoms with E-state index in [1.807, 2.05) is 44.3 Å². The van der Waals surface area contributed by atoms with E-state index < -0.39 is 0 Å². The highest BCUT2D eigenvalue weighted by Gasteiger charge is 2.12. The summed E-state index contributed by atoms with van der Waals surface area (Å²) in [6.07, 6.45) is 0. The fourth-order valence-corrected chi connectivity index (χ4v) is 2.38. The van der Waals surface area contributed by atoms with Gasteiger partial charge in [0.05, 0.1) is 0 Å². The van der Waals surface area contributed by atoms with Gasteiger partial charge in [-0.05, 0) is 56.8 Å². The fourth-order valence-electron chi connectivity index (χ4n) is 1.92. The SMILES string of the molecule is CNC(C)c1ccc(Br)cc1Oc1ccc(Cl)c(C)c1. The van der Waals surface area contributed by atoms with E-state index in [1.54, 1.807) is 0 Å². The molecule has 0 aliphatic carbocycles. The molecule has 0 bridgehead atoms. The first-order valence-electron chi connectivity index (χ1n) is 6.42. The van der Waals surface area contributed by atoms with Gasteiger partial charge in [-0.15, -0.1) is 0 Å². The maximum Gasteiger partial charge on any atom is 0.133 e. The maximum absolute atomic E-state index is 6.04. The van der Waals surface area contributed by atoms with Gasteiger partial charge in [0.25, 0.3) is 0 Å². The summed E-state index contributed by atoms with van der Waals surface area (Å²) in [6, 6.07) is 11.9. The van der Waals surface area contributed by atoms with Crippen molar-refractivity contribution in [3.05, 3.63) is 57.0 Å². The Balaban J connectivity index is 2.36. The first kappa shape index (κ1) is 15.4. The van der Waals surface area contributed by atoms with Crippen LogP contribution in [0, 0.1) is 6.92 Å². The Kier molecular flexibility index (Phi) is 5.08. The molecule has 1 atom stereocenters. The second-order valence-corrected chi connectivity index (χ2v) is 6.03. The Morgan fingerprint density at radius 2 is 1.95 bits per heavy atom. The Morgan fingerprint density at radius 1 is 1.20 bits per heavy atom. The molecule has 2 aromatic carbocycles. The number of halogens is 2. The van der Waals surface area contributed by atoms with Gasteiger partial charge in [-0.25, -0.2) is 0 Å². The second-order valence-electron chi connectivity index (χ2n) is 4.71. The first-order chi connectivity index (χ1) is 9.51. The lowest BCUT2D eigenvalue weighted by atomic mass is 10.1. The van der Waals surface area contributed by atoms with Gasteiger partial charge in [0.2, 0.25) is 0 Å². The van der Waals surface area contributed by atoms with Crippen molar-refractivity contribution in [1.82, 2.24) is 5.32 Å². The largest absolute Gasteiger partial charge is 0.457 e. The molecule has 0 aromatic heterocycles. The predicted molar refractivity (Wildman–Crippen MR) is 87.9 cm³/mol. The maximum atomic E-state index is 6.04. The van der Waals surface area contributed by atoms with Crippen molar-refractivity contribution >= 4 is 27.5 Å². The lowest BCUT2D eigenvalue weighted by Gasteiger charge is -2.17. The summed E-state index contributed by atoms with van der Waals surface area (Å²) < 4.78 is 7.01. The summed E-state index contributed by atoms with van der Waals surface area (Å²) >= 11 is 9.53. The topological polar surface area (TPSA) is 21.3 Å². The van der Waals surface area contributed by atoms with E-state index in [2.05, 4.69) is 34.2 Å². The van der Waals surface area contributed by atoms with E-state index in [9.17, 15) is 0 Å². The van der Waals surface area contributed by atoms with Crippen molar-refractivity contribution in [1.29, 1.82) is 0 Å². The van der Waals surface area contributed by atoms with Crippen LogP contribution in [-0.2, 0) is 0 Å². The van der Waals surface area contributed by atoms with Crippen LogP contribution in [-0.4, -0.2) is 7.05 Å². The molecule has 1 unspecified atom stereocenters. The minimum absolute atomic E-state index is 0.214. The molecular weight excluding hydrogens is 338 g/mol. The monoisotopic (exact) mass is 353 g/mol. The van der Waals surface area contributed by atoms with Crippen molar-refractivity contribution in [2.45, 2.75) is 19.9 Å². The van der Waals surface area contributed by atoms with E-state index in [0.717, 1.165) is 32.1 Å². The molecule has 0 aliphatic heterocycles. The summed E-state index contributed by atoms with van der Waals surface area (Å²) in [5.74, 6) is 1.62. The fraction of sp³-hybridized carbons (Fsp3) is 0.250. The summed E-state index contributed by atoms with van der Waals surface area (Å²) in [6.45, 7) is 4.07. The lowest BCUT2D eigenvalue weighted by molar-refractivity contribution is 0.465. The molecule has 0 fully saturated rings. The number of hydrogen-bond donors (Lipinski definition) is 1. The van der Waals surface area contributed by atoms with Crippen molar-refractivity contribution in [3.8, 4) is 11.5 Å². The molecule has 2 aromatic rings. The number of hydrogen-bond acceptors (Lipinski definition) is 2. The average Bonchev–Trinajstić information content (AvgIpc) is 2.42. The van der Waals surface area contributed by atoms with E-state index in [-0.39, 0.29) is 6.04 Å². The van der Waals surface area contributed by atoms with E-state index in [1.165, 1.54) is 0 Å². The molecule has 106 valence electrons. The molecule has 2 rings (SSSR count). The van der Waals surface area contributed by atoms with Gasteiger partial charge < -0.3 is 10.1 Å². The van der Waals surface area contributed by atoms with Crippen LogP contribution >= 0.6 is 27.5 Å². The van der Waals surface area contributed by atoms with Gasteiger partial charge in [0.1, 0.15) is 11.5 Å². The van der Waals surface area contributed by atoms with Crippen molar-refractivity contribution < 1.29 is 4.74 Å². The van der Waals surface area contributed by atoms with Gasteiger partial charge >= 0.3 is 0 Å². The highest BCUT2D eigenvalue weighted by atomic mass is 79.9. The molecule has 0 radical (unpaired) electrons. The zero-order chi connectivity index (χ0) is 14.7. The third kappa shape index (κ3) is 3.54. The van der Waals surface area contributed by atoms with E-state index in [4.69, 9.17) is 16.3 Å². The van der Waals surface area contributed by atoms with Gasteiger partial charge in [0, 0.05) is 21.1 Å². The zero-order valence-corrected chi connectivity index (χ0v) is 14.0. The third-order valence-corrected chi connectivity index (χ3v) is 4.15. The molecule has 0 saturated carbocycles. The molecule has 0 spiro atoms. The molecule has 0 aliphatic rings. The minimum Gasteiger partial charge on any atom is -0.457 e. The number of ether oxygens (including phenoxy) is 1. The highest BCUT2D eigenvalue weighted by Crippen LogP contribution is 2.33. The van der Waals surface area contributed by atoms with Gasteiger partial charge in [-0.2, -0.15) is 0 Å². The summed E-state index contributed by atoms with van der Waals surface area (Å²) in [5.41, 5.74) is 2.12. The van der Waals surface area contributed by atoms with Gasteiger partial charge in [-0.3, -0.25) is 0 Å². The van der Waals surface area contributed by atoms with Crippen LogP contribution in [0.1, 0.15) is 24.1 Å². The minimum atomic E-state index is 0.214. The smallest absolute Gasteiger partial charge is 0.133 e. The number of nitrogens with one attached hydrogen (secondary N) is 1. The molecule has 2 nitrogen and oxygen atoms in total. The van der Waals surface area contributed by atoms with Crippen LogP contribution in [0.4, 0.5) is 0 Å². The van der Waals surface area contributed by atoms with Crippen LogP contribution in [0.5, 0.6) is 11.5 Å². The van der Waals surface area contributed by atoms with Crippen LogP contribution in [0.25, 0.3) is 0 Å². The van der Waals surface area contributed by atoms with Gasteiger partial charge in [-0.1, -0.05) is 33.6 Å². The highest BCUT2D eigenvalue weighted by molar-refractivity contribution is 9.10. The van der Waals surface area contributed by atoms with Crippen molar-refractivity contribution in [2.24, 2.45) is 0 Å². The second kappa shape index (κ2) is 6.61. The summed E-state index contributed by atoms with van der Waals surface area (Å²) in [5, 5.41) is 3.98. The lowest BCUT2D eigenvalue weighted by Crippen LogP contribution is -2.13. The molecule has 0 heterocycles. The zero-order valence-electron chi connectivity index (χ0n) is 11.7. The molecular formula is C16H17BrClNO. The molecule has 20 heavy (non-hydrogen) atoms. The standard InChI is InChI=1S/C16H17BrClNO/c1-10-8-13(5-7-15(10)18)20-16-9-12(17)4-6-14(16)11(2)19-3/h4-9,11,19H,1-3H3. The average molecular weight is 355 g/mol. The molecule has 0 saturated heterocycles. The Hall–Kier alpha value is -1.03.